The van der Waals surface area contributed by atoms with Crippen LogP contribution in [-0.2, 0) is 11.2 Å². The average molecular weight is 327 g/mol. The van der Waals surface area contributed by atoms with E-state index in [1.807, 2.05) is 16.0 Å². The van der Waals surface area contributed by atoms with Crippen LogP contribution in [0.5, 0.6) is 0 Å². The summed E-state index contributed by atoms with van der Waals surface area (Å²) in [4.78, 5) is 17.6. The molecule has 2 heterocycles. The zero-order valence-corrected chi connectivity index (χ0v) is 14.5. The Morgan fingerprint density at radius 1 is 1.30 bits per heavy atom. The third-order valence-electron chi connectivity index (χ3n) is 3.68. The van der Waals surface area contributed by atoms with Gasteiger partial charge in [-0.25, -0.2) is 4.98 Å². The van der Waals surface area contributed by atoms with Gasteiger partial charge in [0.2, 0.25) is 5.91 Å². The second-order valence-electron chi connectivity index (χ2n) is 6.25. The quantitative estimate of drug-likeness (QED) is 0.777. The molecule has 0 unspecified atom stereocenters. The molecule has 3 aromatic rings. The summed E-state index contributed by atoms with van der Waals surface area (Å²) in [6.45, 7) is 6.97. The van der Waals surface area contributed by atoms with Gasteiger partial charge in [-0.15, -0.1) is 11.3 Å². The van der Waals surface area contributed by atoms with Crippen LogP contribution in [0.1, 0.15) is 25.1 Å². The van der Waals surface area contributed by atoms with Crippen molar-refractivity contribution in [3.63, 3.8) is 0 Å². The summed E-state index contributed by atoms with van der Waals surface area (Å²) < 4.78 is 2.02. The monoisotopic (exact) mass is 327 g/mol. The normalized spacial score (nSPS) is 11.3. The summed E-state index contributed by atoms with van der Waals surface area (Å²) in [5.74, 6) is 0.520. The molecule has 0 atom stereocenters. The van der Waals surface area contributed by atoms with E-state index < -0.39 is 0 Å². The van der Waals surface area contributed by atoms with E-state index in [1.54, 1.807) is 11.3 Å². The minimum atomic E-state index is 0.0592. The maximum Gasteiger partial charge on any atom is 0.225 e. The van der Waals surface area contributed by atoms with E-state index in [0.717, 1.165) is 21.9 Å². The highest BCUT2D eigenvalue weighted by atomic mass is 32.1. The summed E-state index contributed by atoms with van der Waals surface area (Å²) in [5.41, 5.74) is 4.26. The van der Waals surface area contributed by atoms with E-state index in [1.165, 1.54) is 5.56 Å². The summed E-state index contributed by atoms with van der Waals surface area (Å²) in [5, 5.41) is 4.97. The molecule has 23 heavy (non-hydrogen) atoms. The molecule has 0 saturated carbocycles. The zero-order chi connectivity index (χ0) is 16.4. The van der Waals surface area contributed by atoms with E-state index in [4.69, 9.17) is 0 Å². The Balaban J connectivity index is 1.80. The van der Waals surface area contributed by atoms with Crippen molar-refractivity contribution < 1.29 is 4.79 Å². The fraction of sp³-hybridized carbons (Fsp3) is 0.333. The molecule has 0 aliphatic carbocycles. The molecule has 2 aromatic heterocycles. The maximum atomic E-state index is 12.0. The third-order valence-corrected chi connectivity index (χ3v) is 4.57. The van der Waals surface area contributed by atoms with Crippen molar-refractivity contribution in [2.24, 2.45) is 5.92 Å². The van der Waals surface area contributed by atoms with Gasteiger partial charge < -0.3 is 5.32 Å². The SMILES string of the molecule is Cc1ccc(-c2cn3c(CC(=O)NCC(C)C)csc3n2)cc1. The molecular weight excluding hydrogens is 306 g/mol. The Kier molecular flexibility index (Phi) is 4.48. The zero-order valence-electron chi connectivity index (χ0n) is 13.7. The molecule has 1 N–H and O–H groups in total. The van der Waals surface area contributed by atoms with Crippen molar-refractivity contribution in [3.8, 4) is 11.3 Å². The average Bonchev–Trinajstić information content (AvgIpc) is 3.08. The summed E-state index contributed by atoms with van der Waals surface area (Å²) in [7, 11) is 0. The van der Waals surface area contributed by atoms with Crippen molar-refractivity contribution in [1.82, 2.24) is 14.7 Å². The maximum absolute atomic E-state index is 12.0. The molecule has 0 saturated heterocycles. The summed E-state index contributed by atoms with van der Waals surface area (Å²) >= 11 is 1.57. The molecule has 0 bridgehead atoms. The summed E-state index contributed by atoms with van der Waals surface area (Å²) in [6.07, 6.45) is 2.40. The van der Waals surface area contributed by atoms with Crippen LogP contribution in [-0.4, -0.2) is 21.8 Å². The number of amides is 1. The van der Waals surface area contributed by atoms with Crippen LogP contribution in [0.25, 0.3) is 16.2 Å². The Morgan fingerprint density at radius 3 is 2.74 bits per heavy atom. The van der Waals surface area contributed by atoms with Gasteiger partial charge in [-0.3, -0.25) is 9.20 Å². The van der Waals surface area contributed by atoms with Gasteiger partial charge in [-0.2, -0.15) is 0 Å². The lowest BCUT2D eigenvalue weighted by molar-refractivity contribution is -0.120. The van der Waals surface area contributed by atoms with Gasteiger partial charge in [0.05, 0.1) is 12.1 Å². The second-order valence-corrected chi connectivity index (χ2v) is 7.08. The van der Waals surface area contributed by atoms with Crippen molar-refractivity contribution in [1.29, 1.82) is 0 Å². The van der Waals surface area contributed by atoms with E-state index in [9.17, 15) is 4.79 Å². The number of carbonyl (C=O) groups is 1. The highest BCUT2D eigenvalue weighted by Gasteiger charge is 2.12. The molecule has 3 rings (SSSR count). The number of imidazole rings is 1. The fourth-order valence-electron chi connectivity index (χ4n) is 2.36. The van der Waals surface area contributed by atoms with Crippen LogP contribution in [0.3, 0.4) is 0 Å². The lowest BCUT2D eigenvalue weighted by atomic mass is 10.1. The Hall–Kier alpha value is -2.14. The van der Waals surface area contributed by atoms with Crippen LogP contribution in [0.2, 0.25) is 0 Å². The number of hydrogen-bond acceptors (Lipinski definition) is 3. The molecular formula is C18H21N3OS. The first-order valence-electron chi connectivity index (χ1n) is 7.82. The molecule has 120 valence electrons. The van der Waals surface area contributed by atoms with Crippen molar-refractivity contribution in [2.75, 3.05) is 6.54 Å². The van der Waals surface area contributed by atoms with Gasteiger partial charge in [-0.05, 0) is 12.8 Å². The Morgan fingerprint density at radius 2 is 2.04 bits per heavy atom. The number of benzene rings is 1. The lowest BCUT2D eigenvalue weighted by Crippen LogP contribution is -2.28. The third kappa shape index (κ3) is 3.62. The highest BCUT2D eigenvalue weighted by Crippen LogP contribution is 2.24. The second kappa shape index (κ2) is 6.54. The van der Waals surface area contributed by atoms with Gasteiger partial charge in [0.1, 0.15) is 0 Å². The Labute approximate surface area is 140 Å². The van der Waals surface area contributed by atoms with Crippen LogP contribution in [0.4, 0.5) is 0 Å². The number of fused-ring (bicyclic) bond motifs is 1. The number of rotatable bonds is 5. The van der Waals surface area contributed by atoms with Crippen molar-refractivity contribution >= 4 is 22.2 Å². The molecule has 0 aliphatic heterocycles. The molecule has 1 aromatic carbocycles. The lowest BCUT2D eigenvalue weighted by Gasteiger charge is -2.06. The predicted octanol–water partition coefficient (Wildman–Crippen LogP) is 3.69. The van der Waals surface area contributed by atoms with E-state index in [2.05, 4.69) is 55.3 Å². The first kappa shape index (κ1) is 15.7. The minimum Gasteiger partial charge on any atom is -0.356 e. The van der Waals surface area contributed by atoms with Gasteiger partial charge in [0.15, 0.2) is 4.96 Å². The van der Waals surface area contributed by atoms with Crippen molar-refractivity contribution in [3.05, 3.63) is 47.1 Å². The largest absolute Gasteiger partial charge is 0.356 e. The molecule has 5 heteroatoms. The van der Waals surface area contributed by atoms with E-state index in [0.29, 0.717) is 18.9 Å². The standard InChI is InChI=1S/C18H21N3OS/c1-12(2)9-19-17(22)8-15-11-23-18-20-16(10-21(15)18)14-6-4-13(3)5-7-14/h4-7,10-12H,8-9H2,1-3H3,(H,19,22). The van der Waals surface area contributed by atoms with E-state index in [-0.39, 0.29) is 5.91 Å². The summed E-state index contributed by atoms with van der Waals surface area (Å²) in [6, 6.07) is 8.33. The molecule has 1 amide bonds. The van der Waals surface area contributed by atoms with Crippen LogP contribution in [0, 0.1) is 12.8 Å². The topological polar surface area (TPSA) is 46.4 Å². The number of carbonyl (C=O) groups excluding carboxylic acids is 1. The number of hydrogen-bond donors (Lipinski definition) is 1. The van der Waals surface area contributed by atoms with Crippen LogP contribution in [0.15, 0.2) is 35.8 Å². The Bertz CT molecular complexity index is 815. The van der Waals surface area contributed by atoms with Gasteiger partial charge >= 0.3 is 0 Å². The van der Waals surface area contributed by atoms with Crippen molar-refractivity contribution in [2.45, 2.75) is 27.2 Å². The van der Waals surface area contributed by atoms with Gasteiger partial charge in [0.25, 0.3) is 0 Å². The van der Waals surface area contributed by atoms with E-state index >= 15 is 0 Å². The number of thiazole rings is 1. The van der Waals surface area contributed by atoms with Crippen LogP contribution < -0.4 is 5.32 Å². The minimum absolute atomic E-state index is 0.0592. The number of aryl methyl sites for hydroxylation is 1. The van der Waals surface area contributed by atoms with Gasteiger partial charge in [-0.1, -0.05) is 43.7 Å². The molecule has 0 radical (unpaired) electrons. The predicted molar refractivity (Wildman–Crippen MR) is 94.8 cm³/mol. The first-order valence-corrected chi connectivity index (χ1v) is 8.70. The van der Waals surface area contributed by atoms with Gasteiger partial charge in [0, 0.05) is 29.4 Å². The smallest absolute Gasteiger partial charge is 0.225 e. The van der Waals surface area contributed by atoms with Crippen LogP contribution >= 0.6 is 11.3 Å². The number of nitrogens with one attached hydrogen (secondary N) is 1. The molecule has 4 nitrogen and oxygen atoms in total. The first-order chi connectivity index (χ1) is 11.0. The molecule has 0 spiro atoms. The molecule has 0 aliphatic rings. The number of aromatic nitrogens is 2. The highest BCUT2D eigenvalue weighted by molar-refractivity contribution is 7.15. The molecule has 0 fully saturated rings. The number of nitrogens with zero attached hydrogens (tertiary/aromatic N) is 2. The fourth-order valence-corrected chi connectivity index (χ4v) is 3.24.